The molecule has 0 bridgehead atoms. The highest BCUT2D eigenvalue weighted by atomic mass is 16.6. The number of rotatable bonds is 0. The summed E-state index contributed by atoms with van der Waals surface area (Å²) in [6.45, 7) is 0. The first-order valence-electron chi connectivity index (χ1n) is 0.910. The van der Waals surface area contributed by atoms with Crippen LogP contribution < -0.4 is 12.0 Å². The summed E-state index contributed by atoms with van der Waals surface area (Å²) in [7, 11) is 0. The Morgan fingerprint density at radius 1 is 1.29 bits per heavy atom. The molecule has 46 valence electrons. The Morgan fingerprint density at radius 3 is 1.29 bits per heavy atom. The van der Waals surface area contributed by atoms with Crippen LogP contribution in [0.1, 0.15) is 0 Å². The highest BCUT2D eigenvalue weighted by Crippen LogP contribution is 1.42. The Labute approximate surface area is 39.7 Å². The molecule has 6 nitrogen and oxygen atoms in total. The van der Waals surface area contributed by atoms with Gasteiger partial charge in [0.05, 0.1) is 0 Å². The molecule has 0 fully saturated rings. The number of nitrogens with two attached hydrogens (primary N) is 1. The zero-order valence-corrected chi connectivity index (χ0v) is 3.53. The van der Waals surface area contributed by atoms with Crippen LogP contribution in [0.4, 0.5) is 4.79 Å². The summed E-state index contributed by atoms with van der Waals surface area (Å²) in [5, 5.41) is 20.4. The molecule has 7 heavy (non-hydrogen) atoms. The van der Waals surface area contributed by atoms with Gasteiger partial charge >= 0.3 is 6.16 Å². The van der Waals surface area contributed by atoms with Crippen molar-refractivity contribution in [3.63, 3.8) is 0 Å². The van der Waals surface area contributed by atoms with Gasteiger partial charge in [-0.25, -0.2) is 10.7 Å². The lowest BCUT2D eigenvalue weighted by Crippen LogP contribution is -1.81. The standard InChI is InChI=1S/CH2O3.H3NO.H3N/c2-1(3)4;1-2;/h(H2,2,3,4);2H,1H2;1H3. The minimum Gasteiger partial charge on any atom is -0.450 e. The largest absolute Gasteiger partial charge is 0.503 e. The topological polar surface area (TPSA) is 139 Å². The fourth-order valence-electron chi connectivity index (χ4n) is 0. The fraction of sp³-hybridized carbons (Fsp3) is 0. The van der Waals surface area contributed by atoms with E-state index in [4.69, 9.17) is 20.2 Å². The third-order valence-corrected chi connectivity index (χ3v) is 0. The summed E-state index contributed by atoms with van der Waals surface area (Å²) < 4.78 is 0. The Balaban J connectivity index is -0.0000000480. The molecule has 0 aliphatic heterocycles. The molecule has 0 unspecified atom stereocenters. The van der Waals surface area contributed by atoms with Crippen LogP contribution in [-0.2, 0) is 0 Å². The van der Waals surface area contributed by atoms with E-state index in [9.17, 15) is 0 Å². The van der Waals surface area contributed by atoms with E-state index in [1.54, 1.807) is 0 Å². The van der Waals surface area contributed by atoms with Crippen LogP contribution in [0.15, 0.2) is 0 Å². The predicted octanol–water partition coefficient (Wildman–Crippen LogP) is -0.281. The molecular formula is CH8N2O4. The van der Waals surface area contributed by atoms with Gasteiger partial charge in [-0.3, -0.25) is 0 Å². The molecule has 0 saturated heterocycles. The van der Waals surface area contributed by atoms with Crippen LogP contribution in [0.3, 0.4) is 0 Å². The van der Waals surface area contributed by atoms with Crippen molar-refractivity contribution in [3.05, 3.63) is 0 Å². The van der Waals surface area contributed by atoms with Gasteiger partial charge in [0.15, 0.2) is 0 Å². The Morgan fingerprint density at radius 2 is 1.29 bits per heavy atom. The van der Waals surface area contributed by atoms with Crippen LogP contribution in [-0.4, -0.2) is 21.6 Å². The molecule has 0 rings (SSSR count). The second-order valence-electron chi connectivity index (χ2n) is 0.283. The van der Waals surface area contributed by atoms with Gasteiger partial charge in [0.25, 0.3) is 0 Å². The van der Waals surface area contributed by atoms with Gasteiger partial charge < -0.3 is 21.6 Å². The predicted molar refractivity (Wildman–Crippen MR) is 21.6 cm³/mol. The van der Waals surface area contributed by atoms with E-state index >= 15 is 0 Å². The molecule has 0 atom stereocenters. The van der Waals surface area contributed by atoms with Crippen LogP contribution in [0.5, 0.6) is 0 Å². The van der Waals surface area contributed by atoms with Crippen molar-refractivity contribution >= 4 is 6.16 Å². The number of hydrogen-bond donors (Lipinski definition) is 5. The van der Waals surface area contributed by atoms with Crippen molar-refractivity contribution < 1.29 is 20.2 Å². The highest BCUT2D eigenvalue weighted by molar-refractivity contribution is 5.53. The van der Waals surface area contributed by atoms with Gasteiger partial charge in [-0.05, 0) is 0 Å². The van der Waals surface area contributed by atoms with E-state index in [0.29, 0.717) is 0 Å². The van der Waals surface area contributed by atoms with E-state index in [0.717, 1.165) is 0 Å². The second-order valence-corrected chi connectivity index (χ2v) is 0.283. The molecule has 0 aromatic heterocycles. The third kappa shape index (κ3) is 70.7. The van der Waals surface area contributed by atoms with Crippen molar-refractivity contribution in [1.82, 2.24) is 6.15 Å². The average molecular weight is 112 g/mol. The molecule has 0 aliphatic rings. The monoisotopic (exact) mass is 112 g/mol. The number of hydrogen-bond acceptors (Lipinski definition) is 4. The molecular weight excluding hydrogens is 104 g/mol. The average Bonchev–Trinajstić information content (AvgIpc) is 1.41. The van der Waals surface area contributed by atoms with Gasteiger partial charge in [-0.1, -0.05) is 0 Å². The van der Waals surface area contributed by atoms with Gasteiger partial charge in [0.2, 0.25) is 0 Å². The summed E-state index contributed by atoms with van der Waals surface area (Å²) in [4.78, 5) is 8.56. The van der Waals surface area contributed by atoms with Crippen LogP contribution in [0, 0.1) is 0 Å². The van der Waals surface area contributed by atoms with E-state index in [1.807, 2.05) is 0 Å². The zero-order chi connectivity index (χ0) is 5.58. The van der Waals surface area contributed by atoms with E-state index in [2.05, 4.69) is 5.90 Å². The SMILES string of the molecule is N.NO.O=C(O)O. The van der Waals surface area contributed by atoms with Crippen molar-refractivity contribution in [2.24, 2.45) is 5.90 Å². The maximum absolute atomic E-state index is 8.56. The van der Waals surface area contributed by atoms with E-state index in [-0.39, 0.29) is 6.15 Å². The molecule has 6 heteroatoms. The Bertz CT molecular complexity index is 32.7. The summed E-state index contributed by atoms with van der Waals surface area (Å²) in [5.41, 5.74) is 0. The molecule has 0 aromatic carbocycles. The maximum Gasteiger partial charge on any atom is 0.503 e. The fourth-order valence-corrected chi connectivity index (χ4v) is 0. The normalized spacial score (nSPS) is 4.29. The van der Waals surface area contributed by atoms with Crippen molar-refractivity contribution in [2.75, 3.05) is 0 Å². The van der Waals surface area contributed by atoms with Crippen LogP contribution in [0.25, 0.3) is 0 Å². The first-order chi connectivity index (χ1) is 2.73. The summed E-state index contributed by atoms with van der Waals surface area (Å²) >= 11 is 0. The highest BCUT2D eigenvalue weighted by Gasteiger charge is 1.70. The van der Waals surface area contributed by atoms with Crippen molar-refractivity contribution in [3.8, 4) is 0 Å². The van der Waals surface area contributed by atoms with E-state index < -0.39 is 6.16 Å². The lowest BCUT2D eigenvalue weighted by Gasteiger charge is -1.60. The molecule has 0 radical (unpaired) electrons. The first-order valence-corrected chi connectivity index (χ1v) is 0.910. The van der Waals surface area contributed by atoms with Crippen molar-refractivity contribution in [1.29, 1.82) is 0 Å². The molecule has 0 saturated carbocycles. The molecule has 0 spiro atoms. The Kier molecular flexibility index (Phi) is 45.1. The molecule has 0 aromatic rings. The third-order valence-electron chi connectivity index (χ3n) is 0. The first kappa shape index (κ1) is 16.4. The van der Waals surface area contributed by atoms with Gasteiger partial charge in [0.1, 0.15) is 0 Å². The quantitative estimate of drug-likeness (QED) is 0.273. The number of carbonyl (C=O) groups is 1. The Hall–Kier alpha value is -0.850. The smallest absolute Gasteiger partial charge is 0.450 e. The maximum atomic E-state index is 8.56. The summed E-state index contributed by atoms with van der Waals surface area (Å²) in [5.74, 6) is 3.50. The minimum atomic E-state index is -1.83. The molecule has 0 amide bonds. The lowest BCUT2D eigenvalue weighted by molar-refractivity contribution is 0.137. The van der Waals surface area contributed by atoms with Gasteiger partial charge in [0, 0.05) is 0 Å². The summed E-state index contributed by atoms with van der Waals surface area (Å²) in [6, 6.07) is 0. The van der Waals surface area contributed by atoms with E-state index in [1.165, 1.54) is 0 Å². The second kappa shape index (κ2) is 19.2. The minimum absolute atomic E-state index is 0. The molecule has 8 N–H and O–H groups in total. The lowest BCUT2D eigenvalue weighted by atomic mass is 11.5. The van der Waals surface area contributed by atoms with Crippen molar-refractivity contribution in [2.45, 2.75) is 0 Å². The summed E-state index contributed by atoms with van der Waals surface area (Å²) in [6.07, 6.45) is -1.83. The van der Waals surface area contributed by atoms with Crippen LogP contribution in [0.2, 0.25) is 0 Å². The number of carboxylic acid groups (broad SMARTS) is 2. The van der Waals surface area contributed by atoms with Crippen LogP contribution >= 0.6 is 0 Å². The van der Waals surface area contributed by atoms with Gasteiger partial charge in [-0.2, -0.15) is 0 Å². The molecule has 0 aliphatic carbocycles. The van der Waals surface area contributed by atoms with Gasteiger partial charge in [-0.15, -0.1) is 0 Å². The zero-order valence-electron chi connectivity index (χ0n) is 3.53. The molecule has 0 heterocycles.